The molecular formula is C21H29N3O2. The molecule has 0 bridgehead atoms. The smallest absolute Gasteiger partial charge is 0.178 e. The van der Waals surface area contributed by atoms with Crippen molar-refractivity contribution in [2.45, 2.75) is 51.7 Å². The van der Waals surface area contributed by atoms with Crippen molar-refractivity contribution in [3.05, 3.63) is 47.3 Å². The highest BCUT2D eigenvalue weighted by molar-refractivity contribution is 5.99. The van der Waals surface area contributed by atoms with E-state index < -0.39 is 0 Å². The number of aromatic nitrogens is 1. The second kappa shape index (κ2) is 8.06. The molecule has 0 aliphatic heterocycles. The van der Waals surface area contributed by atoms with Crippen molar-refractivity contribution in [1.82, 2.24) is 9.88 Å². The number of hydrogen-bond acceptors (Lipinski definition) is 4. The van der Waals surface area contributed by atoms with Gasteiger partial charge >= 0.3 is 0 Å². The fourth-order valence-electron chi connectivity index (χ4n) is 3.90. The molecule has 5 nitrogen and oxygen atoms in total. The summed E-state index contributed by atoms with van der Waals surface area (Å²) in [6, 6.07) is 10.1. The zero-order valence-corrected chi connectivity index (χ0v) is 15.9. The monoisotopic (exact) mass is 355 g/mol. The highest BCUT2D eigenvalue weighted by Gasteiger charge is 2.22. The van der Waals surface area contributed by atoms with Gasteiger partial charge in [-0.25, -0.2) is 0 Å². The number of ketones is 1. The molecule has 140 valence electrons. The summed E-state index contributed by atoms with van der Waals surface area (Å²) in [4.78, 5) is 12.8. The molecule has 0 spiro atoms. The average molecular weight is 355 g/mol. The molecule has 3 N–H and O–H groups in total. The van der Waals surface area contributed by atoms with Crippen molar-refractivity contribution in [3.63, 3.8) is 0 Å². The van der Waals surface area contributed by atoms with Gasteiger partial charge in [-0.15, -0.1) is 0 Å². The zero-order valence-electron chi connectivity index (χ0n) is 15.9. The maximum absolute atomic E-state index is 12.8. The van der Waals surface area contributed by atoms with Gasteiger partial charge in [-0.2, -0.15) is 0 Å². The molecule has 0 saturated heterocycles. The van der Waals surface area contributed by atoms with Crippen LogP contribution in [0.1, 0.15) is 47.4 Å². The molecule has 3 rings (SSSR count). The second-order valence-electron chi connectivity index (χ2n) is 7.23. The minimum Gasteiger partial charge on any atom is -0.399 e. The van der Waals surface area contributed by atoms with Gasteiger partial charge in [0.1, 0.15) is 0 Å². The van der Waals surface area contributed by atoms with Crippen LogP contribution in [0.2, 0.25) is 0 Å². The summed E-state index contributed by atoms with van der Waals surface area (Å²) < 4.78 is 7.52. The minimum atomic E-state index is 0.147. The third-order valence-corrected chi connectivity index (χ3v) is 5.44. The van der Waals surface area contributed by atoms with Crippen LogP contribution in [-0.2, 0) is 4.74 Å². The highest BCUT2D eigenvalue weighted by atomic mass is 16.5. The number of nitrogen functional groups attached to an aromatic ring is 1. The molecule has 1 aromatic carbocycles. The fraction of sp³-hybridized carbons (Fsp3) is 0.476. The molecule has 0 unspecified atom stereocenters. The molecule has 1 heterocycles. The molecule has 1 saturated carbocycles. The first-order valence-electron chi connectivity index (χ1n) is 9.34. The van der Waals surface area contributed by atoms with Gasteiger partial charge in [0.2, 0.25) is 0 Å². The van der Waals surface area contributed by atoms with Crippen LogP contribution < -0.4 is 11.1 Å². The van der Waals surface area contributed by atoms with Crippen molar-refractivity contribution in [2.75, 3.05) is 19.4 Å². The van der Waals surface area contributed by atoms with E-state index in [1.54, 1.807) is 7.11 Å². The standard InChI is InChI=1S/C21H29N3O2/c1-14-12-20(15(2)24(14)18-8-4-16(22)5-9-18)21(25)13-23-17-6-10-19(26-3)11-7-17/h4-5,8-9,12,17,19,23H,6-7,10-11,13,22H2,1-3H3. The largest absolute Gasteiger partial charge is 0.399 e. The Kier molecular flexibility index (Phi) is 5.79. The molecule has 2 aromatic rings. The van der Waals surface area contributed by atoms with E-state index in [2.05, 4.69) is 9.88 Å². The van der Waals surface area contributed by atoms with Gasteiger partial charge in [-0.05, 0) is 69.9 Å². The van der Waals surface area contributed by atoms with Crippen LogP contribution in [0.25, 0.3) is 5.69 Å². The molecule has 1 aliphatic rings. The third kappa shape index (κ3) is 4.00. The number of nitrogens with zero attached hydrogens (tertiary/aromatic N) is 1. The van der Waals surface area contributed by atoms with Gasteiger partial charge in [0.15, 0.2) is 5.78 Å². The van der Waals surface area contributed by atoms with Crippen LogP contribution in [-0.4, -0.2) is 36.2 Å². The van der Waals surface area contributed by atoms with Crippen LogP contribution >= 0.6 is 0 Å². The van der Waals surface area contributed by atoms with E-state index in [9.17, 15) is 4.79 Å². The summed E-state index contributed by atoms with van der Waals surface area (Å²) >= 11 is 0. The quantitative estimate of drug-likeness (QED) is 0.615. The van der Waals surface area contributed by atoms with E-state index in [0.717, 1.165) is 54.0 Å². The van der Waals surface area contributed by atoms with E-state index in [0.29, 0.717) is 18.7 Å². The van der Waals surface area contributed by atoms with Crippen molar-refractivity contribution in [2.24, 2.45) is 0 Å². The summed E-state index contributed by atoms with van der Waals surface area (Å²) in [7, 11) is 1.78. The van der Waals surface area contributed by atoms with E-state index in [1.807, 2.05) is 44.2 Å². The Morgan fingerprint density at radius 3 is 2.46 bits per heavy atom. The summed E-state index contributed by atoms with van der Waals surface area (Å²) in [5.41, 5.74) is 10.4. The van der Waals surface area contributed by atoms with E-state index in [1.165, 1.54) is 0 Å². The second-order valence-corrected chi connectivity index (χ2v) is 7.23. The maximum atomic E-state index is 12.8. The summed E-state index contributed by atoms with van der Waals surface area (Å²) in [6.07, 6.45) is 4.64. The van der Waals surface area contributed by atoms with Gasteiger partial charge in [-0.3, -0.25) is 4.79 Å². The number of benzene rings is 1. The van der Waals surface area contributed by atoms with Gasteiger partial charge in [0.25, 0.3) is 0 Å². The lowest BCUT2D eigenvalue weighted by Gasteiger charge is -2.28. The van der Waals surface area contributed by atoms with E-state index in [4.69, 9.17) is 10.5 Å². The lowest BCUT2D eigenvalue weighted by Crippen LogP contribution is -2.38. The lowest BCUT2D eigenvalue weighted by molar-refractivity contribution is 0.0622. The van der Waals surface area contributed by atoms with Crippen LogP contribution in [0, 0.1) is 13.8 Å². The van der Waals surface area contributed by atoms with Crippen LogP contribution in [0.15, 0.2) is 30.3 Å². The van der Waals surface area contributed by atoms with Gasteiger partial charge in [0, 0.05) is 41.5 Å². The topological polar surface area (TPSA) is 69.3 Å². The zero-order chi connectivity index (χ0) is 18.7. The first-order chi connectivity index (χ1) is 12.5. The summed E-state index contributed by atoms with van der Waals surface area (Å²) in [6.45, 7) is 4.41. The number of carbonyl (C=O) groups excluding carboxylic acids is 1. The Morgan fingerprint density at radius 1 is 1.19 bits per heavy atom. The van der Waals surface area contributed by atoms with Gasteiger partial charge in [-0.1, -0.05) is 0 Å². The lowest BCUT2D eigenvalue weighted by atomic mass is 9.93. The first-order valence-corrected chi connectivity index (χ1v) is 9.34. The molecule has 1 aromatic heterocycles. The highest BCUT2D eigenvalue weighted by Crippen LogP contribution is 2.23. The number of rotatable bonds is 6. The predicted octanol–water partition coefficient (Wildman–Crippen LogP) is 3.41. The number of aryl methyl sites for hydroxylation is 1. The Labute approximate surface area is 155 Å². The number of nitrogens with two attached hydrogens (primary N) is 1. The molecule has 0 amide bonds. The Bertz CT molecular complexity index is 756. The van der Waals surface area contributed by atoms with E-state index in [-0.39, 0.29) is 5.78 Å². The van der Waals surface area contributed by atoms with Crippen molar-refractivity contribution in [3.8, 4) is 5.69 Å². The third-order valence-electron chi connectivity index (χ3n) is 5.44. The summed E-state index contributed by atoms with van der Waals surface area (Å²) in [5, 5.41) is 3.44. The normalized spacial score (nSPS) is 20.3. The number of hydrogen-bond donors (Lipinski definition) is 2. The number of carbonyl (C=O) groups is 1. The minimum absolute atomic E-state index is 0.147. The van der Waals surface area contributed by atoms with Crippen LogP contribution in [0.5, 0.6) is 0 Å². The van der Waals surface area contributed by atoms with E-state index >= 15 is 0 Å². The average Bonchev–Trinajstić information content (AvgIpc) is 2.95. The number of methoxy groups -OCH3 is 1. The fourth-order valence-corrected chi connectivity index (χ4v) is 3.90. The number of nitrogens with one attached hydrogen (secondary N) is 1. The molecular weight excluding hydrogens is 326 g/mol. The van der Waals surface area contributed by atoms with Gasteiger partial charge < -0.3 is 20.4 Å². The Hall–Kier alpha value is -2.11. The molecule has 0 radical (unpaired) electrons. The molecule has 26 heavy (non-hydrogen) atoms. The predicted molar refractivity (Wildman–Crippen MR) is 105 cm³/mol. The Morgan fingerprint density at radius 2 is 1.85 bits per heavy atom. The number of ether oxygens (including phenoxy) is 1. The van der Waals surface area contributed by atoms with Crippen molar-refractivity contribution < 1.29 is 9.53 Å². The summed E-state index contributed by atoms with van der Waals surface area (Å²) in [5.74, 6) is 0.147. The Balaban J connectivity index is 1.67. The first kappa shape index (κ1) is 18.7. The van der Waals surface area contributed by atoms with Crippen molar-refractivity contribution >= 4 is 11.5 Å². The SMILES string of the molecule is COC1CCC(NCC(=O)c2cc(C)n(-c3ccc(N)cc3)c2C)CC1. The van der Waals surface area contributed by atoms with Crippen molar-refractivity contribution in [1.29, 1.82) is 0 Å². The molecule has 0 atom stereocenters. The molecule has 1 fully saturated rings. The number of anilines is 1. The number of Topliss-reactive ketones (excluding diaryl/α,β-unsaturated/α-hetero) is 1. The molecule has 1 aliphatic carbocycles. The van der Waals surface area contributed by atoms with Gasteiger partial charge in [0.05, 0.1) is 12.6 Å². The maximum Gasteiger partial charge on any atom is 0.178 e. The van der Waals surface area contributed by atoms with Crippen LogP contribution in [0.4, 0.5) is 5.69 Å². The molecule has 5 heteroatoms. The van der Waals surface area contributed by atoms with Crippen LogP contribution in [0.3, 0.4) is 0 Å².